The molecule has 0 aliphatic rings. The van der Waals surface area contributed by atoms with E-state index in [1.807, 2.05) is 13.8 Å². The number of hydrogen-bond acceptors (Lipinski definition) is 4. The van der Waals surface area contributed by atoms with E-state index in [4.69, 9.17) is 17.3 Å². The molecule has 0 aliphatic heterocycles. The molecule has 0 fully saturated rings. The van der Waals surface area contributed by atoms with Gasteiger partial charge in [0.15, 0.2) is 5.69 Å². The van der Waals surface area contributed by atoms with Crippen LogP contribution < -0.4 is 5.73 Å². The van der Waals surface area contributed by atoms with Gasteiger partial charge in [-0.15, -0.1) is 0 Å². The first-order valence-electron chi connectivity index (χ1n) is 8.83. The van der Waals surface area contributed by atoms with Crippen molar-refractivity contribution in [1.29, 1.82) is 0 Å². The number of benzene rings is 1. The molecule has 3 N–H and O–H groups in total. The quantitative estimate of drug-likeness (QED) is 0.643. The lowest BCUT2D eigenvalue weighted by Crippen LogP contribution is -2.38. The number of aromatic amines is 1. The number of nitrogens with two attached hydrogens (primary N) is 1. The number of nitrogens with zero attached hydrogens (tertiary/aromatic N) is 3. The van der Waals surface area contributed by atoms with E-state index >= 15 is 0 Å². The third kappa shape index (κ3) is 5.62. The van der Waals surface area contributed by atoms with Gasteiger partial charge < -0.3 is 15.5 Å². The average Bonchev–Trinajstić information content (AvgIpc) is 3.14. The number of halogens is 4. The Bertz CT molecular complexity index is 805. The highest BCUT2D eigenvalue weighted by molar-refractivity contribution is 6.31. The predicted molar refractivity (Wildman–Crippen MR) is 102 cm³/mol. The Morgan fingerprint density at radius 3 is 2.46 bits per heavy atom. The number of carbonyl (C=O) groups excluding carboxylic acids is 1. The van der Waals surface area contributed by atoms with Crippen LogP contribution in [0.3, 0.4) is 0 Å². The smallest absolute Gasteiger partial charge is 0.399 e. The molecule has 1 amide bonds. The maximum atomic E-state index is 12.9. The van der Waals surface area contributed by atoms with Crippen molar-refractivity contribution in [2.75, 3.05) is 31.9 Å². The maximum Gasteiger partial charge on any atom is 0.435 e. The summed E-state index contributed by atoms with van der Waals surface area (Å²) in [6.45, 7) is 6.57. The lowest BCUT2D eigenvalue weighted by molar-refractivity contribution is -0.141. The molecule has 10 heteroatoms. The van der Waals surface area contributed by atoms with Gasteiger partial charge in [-0.2, -0.15) is 18.3 Å². The van der Waals surface area contributed by atoms with Crippen molar-refractivity contribution in [1.82, 2.24) is 20.0 Å². The largest absolute Gasteiger partial charge is 0.435 e. The summed E-state index contributed by atoms with van der Waals surface area (Å²) in [5.74, 6) is -0.589. The number of alkyl halides is 3. The molecule has 1 heterocycles. The van der Waals surface area contributed by atoms with E-state index in [0.29, 0.717) is 35.4 Å². The van der Waals surface area contributed by atoms with Crippen molar-refractivity contribution in [2.45, 2.75) is 26.6 Å². The van der Waals surface area contributed by atoms with Crippen molar-refractivity contribution in [3.63, 3.8) is 0 Å². The number of likely N-dealkylation sites (N-methyl/N-ethyl adjacent to an activating group) is 1. The summed E-state index contributed by atoms with van der Waals surface area (Å²) in [5.41, 5.74) is 5.53. The van der Waals surface area contributed by atoms with Crippen LogP contribution >= 0.6 is 11.6 Å². The van der Waals surface area contributed by atoms with Crippen LogP contribution in [0.4, 0.5) is 18.9 Å². The first kappa shape index (κ1) is 22.0. The molecule has 0 saturated carbocycles. The predicted octanol–water partition coefficient (Wildman–Crippen LogP) is 3.65. The Labute approximate surface area is 166 Å². The van der Waals surface area contributed by atoms with Gasteiger partial charge in [0.2, 0.25) is 0 Å². The fraction of sp³-hybridized carbons (Fsp3) is 0.444. The molecular weight excluding hydrogens is 395 g/mol. The highest BCUT2D eigenvalue weighted by Crippen LogP contribution is 2.28. The normalized spacial score (nSPS) is 11.8. The van der Waals surface area contributed by atoms with E-state index in [1.165, 1.54) is 4.90 Å². The molecule has 2 aromatic rings. The van der Waals surface area contributed by atoms with Crippen molar-refractivity contribution < 1.29 is 18.0 Å². The van der Waals surface area contributed by atoms with Gasteiger partial charge in [0, 0.05) is 36.4 Å². The SMILES string of the molecule is CCN(CC)CCN(Cc1cc(N)ccc1Cl)C(=O)c1cc(C(F)(F)F)n[nH]1. The molecule has 0 aliphatic carbocycles. The van der Waals surface area contributed by atoms with E-state index in [1.54, 1.807) is 18.2 Å². The summed E-state index contributed by atoms with van der Waals surface area (Å²) in [6, 6.07) is 5.62. The summed E-state index contributed by atoms with van der Waals surface area (Å²) in [5, 5.41) is 5.82. The van der Waals surface area contributed by atoms with Gasteiger partial charge >= 0.3 is 6.18 Å². The van der Waals surface area contributed by atoms with E-state index in [2.05, 4.69) is 15.1 Å². The van der Waals surface area contributed by atoms with Crippen molar-refractivity contribution in [3.8, 4) is 0 Å². The van der Waals surface area contributed by atoms with Gasteiger partial charge in [-0.25, -0.2) is 0 Å². The highest BCUT2D eigenvalue weighted by Gasteiger charge is 2.35. The highest BCUT2D eigenvalue weighted by atomic mass is 35.5. The number of carbonyl (C=O) groups is 1. The van der Waals surface area contributed by atoms with Crippen molar-refractivity contribution >= 4 is 23.2 Å². The van der Waals surface area contributed by atoms with Crippen LogP contribution in [0.2, 0.25) is 5.02 Å². The number of hydrogen-bond donors (Lipinski definition) is 2. The molecule has 154 valence electrons. The Balaban J connectivity index is 2.27. The molecule has 0 unspecified atom stereocenters. The Morgan fingerprint density at radius 2 is 1.89 bits per heavy atom. The van der Waals surface area contributed by atoms with Gasteiger partial charge in [-0.05, 0) is 36.9 Å². The van der Waals surface area contributed by atoms with Crippen LogP contribution in [-0.2, 0) is 12.7 Å². The molecule has 6 nitrogen and oxygen atoms in total. The van der Waals surface area contributed by atoms with E-state index in [0.717, 1.165) is 13.1 Å². The molecule has 0 spiro atoms. The lowest BCUT2D eigenvalue weighted by Gasteiger charge is -2.26. The number of H-pyrrole nitrogens is 1. The fourth-order valence-electron chi connectivity index (χ4n) is 2.72. The van der Waals surface area contributed by atoms with Gasteiger partial charge in [0.1, 0.15) is 5.69 Å². The van der Waals surface area contributed by atoms with Gasteiger partial charge in [-0.1, -0.05) is 25.4 Å². The van der Waals surface area contributed by atoms with Crippen molar-refractivity contribution in [3.05, 3.63) is 46.2 Å². The summed E-state index contributed by atoms with van der Waals surface area (Å²) >= 11 is 6.20. The minimum atomic E-state index is -4.63. The third-order valence-corrected chi connectivity index (χ3v) is 4.77. The van der Waals surface area contributed by atoms with Crippen LogP contribution in [-0.4, -0.2) is 52.1 Å². The minimum Gasteiger partial charge on any atom is -0.399 e. The molecule has 1 aromatic carbocycles. The molecule has 28 heavy (non-hydrogen) atoms. The second-order valence-corrected chi connectivity index (χ2v) is 6.68. The van der Waals surface area contributed by atoms with Crippen LogP contribution in [0.5, 0.6) is 0 Å². The fourth-order valence-corrected chi connectivity index (χ4v) is 2.90. The van der Waals surface area contributed by atoms with Gasteiger partial charge in [-0.3, -0.25) is 9.89 Å². The van der Waals surface area contributed by atoms with Gasteiger partial charge in [0.05, 0.1) is 0 Å². The zero-order valence-electron chi connectivity index (χ0n) is 15.7. The second-order valence-electron chi connectivity index (χ2n) is 6.27. The molecule has 0 saturated heterocycles. The summed E-state index contributed by atoms with van der Waals surface area (Å²) < 4.78 is 38.4. The van der Waals surface area contributed by atoms with Crippen LogP contribution in [0.25, 0.3) is 0 Å². The zero-order chi connectivity index (χ0) is 20.9. The van der Waals surface area contributed by atoms with Gasteiger partial charge in [0.25, 0.3) is 5.91 Å². The number of amides is 1. The first-order chi connectivity index (χ1) is 13.2. The number of anilines is 1. The zero-order valence-corrected chi connectivity index (χ0v) is 16.4. The van der Waals surface area contributed by atoms with Crippen LogP contribution in [0.15, 0.2) is 24.3 Å². The maximum absolute atomic E-state index is 12.9. The Kier molecular flexibility index (Phi) is 7.31. The molecular formula is C18H23ClF3N5O. The molecule has 0 atom stereocenters. The van der Waals surface area contributed by atoms with E-state index in [9.17, 15) is 18.0 Å². The molecule has 1 aromatic heterocycles. The van der Waals surface area contributed by atoms with E-state index in [-0.39, 0.29) is 12.2 Å². The summed E-state index contributed by atoms with van der Waals surface area (Å²) in [6.07, 6.45) is -4.63. The molecule has 0 radical (unpaired) electrons. The number of nitrogen functional groups attached to an aromatic ring is 1. The number of aromatic nitrogens is 2. The average molecular weight is 418 g/mol. The summed E-state index contributed by atoms with van der Waals surface area (Å²) in [7, 11) is 0. The summed E-state index contributed by atoms with van der Waals surface area (Å²) in [4.78, 5) is 16.4. The number of rotatable bonds is 8. The Morgan fingerprint density at radius 1 is 1.21 bits per heavy atom. The lowest BCUT2D eigenvalue weighted by atomic mass is 10.1. The second kappa shape index (κ2) is 9.29. The first-order valence-corrected chi connectivity index (χ1v) is 9.21. The topological polar surface area (TPSA) is 78.2 Å². The Hall–Kier alpha value is -2.26. The third-order valence-electron chi connectivity index (χ3n) is 4.40. The van der Waals surface area contributed by atoms with E-state index < -0.39 is 17.8 Å². The van der Waals surface area contributed by atoms with Crippen LogP contribution in [0, 0.1) is 0 Å². The minimum absolute atomic E-state index is 0.115. The van der Waals surface area contributed by atoms with Crippen molar-refractivity contribution in [2.24, 2.45) is 0 Å². The molecule has 2 rings (SSSR count). The number of nitrogens with one attached hydrogen (secondary N) is 1. The monoisotopic (exact) mass is 417 g/mol. The van der Waals surface area contributed by atoms with Crippen LogP contribution in [0.1, 0.15) is 35.6 Å². The molecule has 0 bridgehead atoms. The standard InChI is InChI=1S/C18H23ClF3N5O/c1-3-26(4-2)7-8-27(11-12-9-13(23)5-6-14(12)19)17(28)15-10-16(25-24-15)18(20,21)22/h5-6,9-10H,3-4,7-8,11,23H2,1-2H3,(H,24,25).